The first-order valence-electron chi connectivity index (χ1n) is 7.52. The van der Waals surface area contributed by atoms with Gasteiger partial charge in [-0.15, -0.1) is 0 Å². The lowest BCUT2D eigenvalue weighted by atomic mass is 10.1. The van der Waals surface area contributed by atoms with Gasteiger partial charge in [-0.25, -0.2) is 9.97 Å². The molecule has 0 aliphatic heterocycles. The molecule has 1 aromatic carbocycles. The Morgan fingerprint density at radius 1 is 1.10 bits per heavy atom. The van der Waals surface area contributed by atoms with Crippen molar-refractivity contribution in [3.63, 3.8) is 0 Å². The maximum absolute atomic E-state index is 4.64. The summed E-state index contributed by atoms with van der Waals surface area (Å²) in [6.45, 7) is 5.08. The lowest BCUT2D eigenvalue weighted by Gasteiger charge is -2.08. The number of aryl methyl sites for hydroxylation is 1. The zero-order valence-corrected chi connectivity index (χ0v) is 12.2. The molecule has 3 rings (SSSR count). The highest BCUT2D eigenvalue weighted by molar-refractivity contribution is 5.58. The predicted molar refractivity (Wildman–Crippen MR) is 83.0 cm³/mol. The molecular formula is C17H21N3. The van der Waals surface area contributed by atoms with Gasteiger partial charge >= 0.3 is 0 Å². The van der Waals surface area contributed by atoms with Gasteiger partial charge in [0, 0.05) is 23.9 Å². The molecule has 0 unspecified atom stereocenters. The Morgan fingerprint density at radius 3 is 2.45 bits per heavy atom. The molecular weight excluding hydrogens is 246 g/mol. The normalized spacial score (nSPS) is 14.3. The van der Waals surface area contributed by atoms with E-state index in [2.05, 4.69) is 53.4 Å². The van der Waals surface area contributed by atoms with Gasteiger partial charge in [0.15, 0.2) is 5.82 Å². The van der Waals surface area contributed by atoms with Crippen LogP contribution in [-0.4, -0.2) is 16.5 Å². The number of anilines is 1. The van der Waals surface area contributed by atoms with E-state index in [4.69, 9.17) is 0 Å². The fourth-order valence-corrected chi connectivity index (χ4v) is 2.40. The van der Waals surface area contributed by atoms with Crippen molar-refractivity contribution in [2.75, 3.05) is 11.9 Å². The second kappa shape index (κ2) is 5.61. The van der Waals surface area contributed by atoms with E-state index in [9.17, 15) is 0 Å². The summed E-state index contributed by atoms with van der Waals surface area (Å²) < 4.78 is 0. The molecule has 1 aliphatic carbocycles. The summed E-state index contributed by atoms with van der Waals surface area (Å²) in [6.07, 6.45) is 3.60. The number of hydrogen-bond acceptors (Lipinski definition) is 3. The Bertz CT molecular complexity index is 586. The van der Waals surface area contributed by atoms with Gasteiger partial charge in [0.25, 0.3) is 0 Å². The van der Waals surface area contributed by atoms with E-state index in [0.29, 0.717) is 0 Å². The largest absolute Gasteiger partial charge is 0.370 e. The molecule has 0 bridgehead atoms. The van der Waals surface area contributed by atoms with Crippen molar-refractivity contribution in [2.24, 2.45) is 0 Å². The number of rotatable bonds is 5. The first kappa shape index (κ1) is 13.1. The van der Waals surface area contributed by atoms with Crippen molar-refractivity contribution in [3.8, 4) is 11.4 Å². The molecule has 1 heterocycles. The molecule has 20 heavy (non-hydrogen) atoms. The second-order valence-corrected chi connectivity index (χ2v) is 5.35. The summed E-state index contributed by atoms with van der Waals surface area (Å²) >= 11 is 0. The monoisotopic (exact) mass is 267 g/mol. The number of hydrogen-bond donors (Lipinski definition) is 1. The van der Waals surface area contributed by atoms with Crippen LogP contribution in [-0.2, 0) is 6.42 Å². The fourth-order valence-electron chi connectivity index (χ4n) is 2.40. The Morgan fingerprint density at radius 2 is 1.85 bits per heavy atom. The summed E-state index contributed by atoms with van der Waals surface area (Å²) in [6, 6.07) is 10.8. The summed E-state index contributed by atoms with van der Waals surface area (Å²) in [5.41, 5.74) is 3.63. The highest BCUT2D eigenvalue weighted by Gasteiger charge is 2.23. The zero-order chi connectivity index (χ0) is 13.9. The average molecular weight is 267 g/mol. The molecule has 104 valence electrons. The SMILES string of the molecule is CCNc1cc(CC)nc(-c2ccc(C3CC3)cc2)n1. The molecule has 1 fully saturated rings. The van der Waals surface area contributed by atoms with E-state index in [1.807, 2.05) is 6.07 Å². The number of nitrogens with zero attached hydrogens (tertiary/aromatic N) is 2. The molecule has 1 aliphatic rings. The van der Waals surface area contributed by atoms with Crippen molar-refractivity contribution in [2.45, 2.75) is 39.0 Å². The van der Waals surface area contributed by atoms with Crippen LogP contribution in [0, 0.1) is 0 Å². The fraction of sp³-hybridized carbons (Fsp3) is 0.412. The molecule has 1 aromatic heterocycles. The lowest BCUT2D eigenvalue weighted by molar-refractivity contribution is 0.998. The quantitative estimate of drug-likeness (QED) is 0.889. The van der Waals surface area contributed by atoms with Crippen LogP contribution < -0.4 is 5.32 Å². The van der Waals surface area contributed by atoms with Gasteiger partial charge in [0.1, 0.15) is 5.82 Å². The van der Waals surface area contributed by atoms with Crippen molar-refractivity contribution in [3.05, 3.63) is 41.6 Å². The highest BCUT2D eigenvalue weighted by atomic mass is 15.0. The van der Waals surface area contributed by atoms with Crippen LogP contribution in [0.3, 0.4) is 0 Å². The third-order valence-corrected chi connectivity index (χ3v) is 3.72. The topological polar surface area (TPSA) is 37.8 Å². The van der Waals surface area contributed by atoms with Gasteiger partial charge in [0.2, 0.25) is 0 Å². The minimum atomic E-state index is 0.796. The van der Waals surface area contributed by atoms with Gasteiger partial charge in [-0.1, -0.05) is 31.2 Å². The average Bonchev–Trinajstić information content (AvgIpc) is 3.32. The molecule has 0 atom stereocenters. The van der Waals surface area contributed by atoms with E-state index in [-0.39, 0.29) is 0 Å². The standard InChI is InChI=1S/C17H21N3/c1-3-15-11-16(18-4-2)20-17(19-15)14-9-7-13(8-10-14)12-5-6-12/h7-12H,3-6H2,1-2H3,(H,18,19,20). The van der Waals surface area contributed by atoms with Crippen molar-refractivity contribution in [1.29, 1.82) is 0 Å². The Labute approximate surface area is 120 Å². The molecule has 1 N–H and O–H groups in total. The summed E-state index contributed by atoms with van der Waals surface area (Å²) in [5.74, 6) is 2.53. The van der Waals surface area contributed by atoms with Crippen LogP contribution in [0.1, 0.15) is 43.9 Å². The first-order chi connectivity index (χ1) is 9.80. The highest BCUT2D eigenvalue weighted by Crippen LogP contribution is 2.40. The lowest BCUT2D eigenvalue weighted by Crippen LogP contribution is -2.03. The smallest absolute Gasteiger partial charge is 0.161 e. The van der Waals surface area contributed by atoms with Crippen LogP contribution in [0.4, 0.5) is 5.82 Å². The van der Waals surface area contributed by atoms with Gasteiger partial charge in [-0.3, -0.25) is 0 Å². The van der Waals surface area contributed by atoms with E-state index in [0.717, 1.165) is 41.8 Å². The molecule has 3 heteroatoms. The van der Waals surface area contributed by atoms with Gasteiger partial charge in [-0.2, -0.15) is 0 Å². The van der Waals surface area contributed by atoms with Crippen LogP contribution in [0.5, 0.6) is 0 Å². The third-order valence-electron chi connectivity index (χ3n) is 3.72. The first-order valence-corrected chi connectivity index (χ1v) is 7.52. The predicted octanol–water partition coefficient (Wildman–Crippen LogP) is 4.02. The van der Waals surface area contributed by atoms with Crippen LogP contribution in [0.15, 0.2) is 30.3 Å². The Hall–Kier alpha value is -1.90. The molecule has 2 aromatic rings. The minimum Gasteiger partial charge on any atom is -0.370 e. The zero-order valence-electron chi connectivity index (χ0n) is 12.2. The number of nitrogens with one attached hydrogen (secondary N) is 1. The maximum Gasteiger partial charge on any atom is 0.161 e. The van der Waals surface area contributed by atoms with E-state index in [1.165, 1.54) is 18.4 Å². The van der Waals surface area contributed by atoms with Crippen LogP contribution >= 0.6 is 0 Å². The van der Waals surface area contributed by atoms with Crippen molar-refractivity contribution in [1.82, 2.24) is 9.97 Å². The summed E-state index contributed by atoms with van der Waals surface area (Å²) in [7, 11) is 0. The summed E-state index contributed by atoms with van der Waals surface area (Å²) in [5, 5.41) is 3.28. The van der Waals surface area contributed by atoms with Gasteiger partial charge in [0.05, 0.1) is 0 Å². The Kier molecular flexibility index (Phi) is 3.68. The Balaban J connectivity index is 1.92. The molecule has 3 nitrogen and oxygen atoms in total. The number of aromatic nitrogens is 2. The van der Waals surface area contributed by atoms with Crippen molar-refractivity contribution < 1.29 is 0 Å². The minimum absolute atomic E-state index is 0.796. The summed E-state index contributed by atoms with van der Waals surface area (Å²) in [4.78, 5) is 9.25. The van der Waals surface area contributed by atoms with Gasteiger partial charge < -0.3 is 5.32 Å². The van der Waals surface area contributed by atoms with E-state index in [1.54, 1.807) is 0 Å². The van der Waals surface area contributed by atoms with Crippen LogP contribution in [0.25, 0.3) is 11.4 Å². The van der Waals surface area contributed by atoms with E-state index < -0.39 is 0 Å². The second-order valence-electron chi connectivity index (χ2n) is 5.35. The molecule has 0 saturated heterocycles. The third kappa shape index (κ3) is 2.82. The molecule has 0 amide bonds. The maximum atomic E-state index is 4.64. The van der Waals surface area contributed by atoms with Gasteiger partial charge in [-0.05, 0) is 37.7 Å². The van der Waals surface area contributed by atoms with Crippen LogP contribution in [0.2, 0.25) is 0 Å². The van der Waals surface area contributed by atoms with E-state index >= 15 is 0 Å². The molecule has 1 saturated carbocycles. The molecule has 0 spiro atoms. The number of benzene rings is 1. The van der Waals surface area contributed by atoms with Crippen molar-refractivity contribution >= 4 is 5.82 Å². The molecule has 0 radical (unpaired) electrons.